The number of hydrogen-bond donors (Lipinski definition) is 1. The highest BCUT2D eigenvalue weighted by Crippen LogP contribution is 2.46. The molecular weight excluding hydrogens is 164 g/mol. The van der Waals surface area contributed by atoms with Crippen molar-refractivity contribution in [2.45, 2.75) is 40.5 Å². The highest BCUT2D eigenvalue weighted by molar-refractivity contribution is 5.71. The lowest BCUT2D eigenvalue weighted by Crippen LogP contribution is -2.42. The van der Waals surface area contributed by atoms with Crippen molar-refractivity contribution in [2.75, 3.05) is 0 Å². The molecular formula is C11H20O2. The van der Waals surface area contributed by atoms with Crippen LogP contribution in [0.5, 0.6) is 0 Å². The van der Waals surface area contributed by atoms with Crippen LogP contribution in [-0.4, -0.2) is 11.1 Å². The van der Waals surface area contributed by atoms with Gasteiger partial charge in [0.25, 0.3) is 0 Å². The van der Waals surface area contributed by atoms with Gasteiger partial charge in [-0.2, -0.15) is 0 Å². The van der Waals surface area contributed by atoms with Crippen molar-refractivity contribution in [3.63, 3.8) is 0 Å². The number of hydrogen-bond acceptors (Lipinski definition) is 1. The minimum Gasteiger partial charge on any atom is -0.481 e. The van der Waals surface area contributed by atoms with Crippen LogP contribution in [0.1, 0.15) is 40.5 Å². The SMILES string of the molecule is CC1CCC(C)(C)C(C(=O)O)C1C. The first kappa shape index (κ1) is 10.6. The van der Waals surface area contributed by atoms with Gasteiger partial charge in [-0.3, -0.25) is 4.79 Å². The van der Waals surface area contributed by atoms with E-state index in [4.69, 9.17) is 5.11 Å². The third-order valence-electron chi connectivity index (χ3n) is 3.78. The molecule has 0 aromatic heterocycles. The van der Waals surface area contributed by atoms with E-state index in [1.54, 1.807) is 0 Å². The molecule has 1 rings (SSSR count). The second-order valence-corrected chi connectivity index (χ2v) is 5.18. The Kier molecular flexibility index (Phi) is 2.69. The summed E-state index contributed by atoms with van der Waals surface area (Å²) in [6, 6.07) is 0. The highest BCUT2D eigenvalue weighted by atomic mass is 16.4. The van der Waals surface area contributed by atoms with Gasteiger partial charge in [0.15, 0.2) is 0 Å². The van der Waals surface area contributed by atoms with E-state index in [1.165, 1.54) is 0 Å². The zero-order valence-electron chi connectivity index (χ0n) is 9.00. The molecule has 3 unspecified atom stereocenters. The quantitative estimate of drug-likeness (QED) is 0.680. The van der Waals surface area contributed by atoms with Gasteiger partial charge >= 0.3 is 5.97 Å². The zero-order chi connectivity index (χ0) is 10.2. The van der Waals surface area contributed by atoms with Gasteiger partial charge < -0.3 is 5.11 Å². The topological polar surface area (TPSA) is 37.3 Å². The van der Waals surface area contributed by atoms with Crippen molar-refractivity contribution in [1.29, 1.82) is 0 Å². The molecule has 0 aliphatic heterocycles. The summed E-state index contributed by atoms with van der Waals surface area (Å²) in [6.07, 6.45) is 2.20. The number of carboxylic acid groups (broad SMARTS) is 1. The molecule has 1 N–H and O–H groups in total. The van der Waals surface area contributed by atoms with Crippen molar-refractivity contribution in [3.8, 4) is 0 Å². The average molecular weight is 184 g/mol. The van der Waals surface area contributed by atoms with Crippen LogP contribution in [0.25, 0.3) is 0 Å². The van der Waals surface area contributed by atoms with Crippen molar-refractivity contribution in [2.24, 2.45) is 23.2 Å². The summed E-state index contributed by atoms with van der Waals surface area (Å²) in [7, 11) is 0. The maximum absolute atomic E-state index is 11.1. The van der Waals surface area contributed by atoms with Crippen LogP contribution in [-0.2, 0) is 4.79 Å². The van der Waals surface area contributed by atoms with Crippen LogP contribution >= 0.6 is 0 Å². The first-order valence-electron chi connectivity index (χ1n) is 5.09. The van der Waals surface area contributed by atoms with E-state index in [1.807, 2.05) is 0 Å². The molecule has 3 atom stereocenters. The molecule has 1 aliphatic carbocycles. The standard InChI is InChI=1S/C11H20O2/c1-7-5-6-11(3,4)9(8(7)2)10(12)13/h7-9H,5-6H2,1-4H3,(H,12,13). The largest absolute Gasteiger partial charge is 0.481 e. The van der Waals surface area contributed by atoms with Gasteiger partial charge in [-0.05, 0) is 30.1 Å². The predicted molar refractivity (Wildman–Crippen MR) is 52.5 cm³/mol. The van der Waals surface area contributed by atoms with Crippen LogP contribution in [0.15, 0.2) is 0 Å². The summed E-state index contributed by atoms with van der Waals surface area (Å²) in [4.78, 5) is 11.1. The van der Waals surface area contributed by atoms with E-state index >= 15 is 0 Å². The number of aliphatic carboxylic acids is 1. The lowest BCUT2D eigenvalue weighted by Gasteiger charge is -2.43. The van der Waals surface area contributed by atoms with Crippen molar-refractivity contribution in [3.05, 3.63) is 0 Å². The fourth-order valence-corrected chi connectivity index (χ4v) is 2.62. The summed E-state index contributed by atoms with van der Waals surface area (Å²) < 4.78 is 0. The van der Waals surface area contributed by atoms with Crippen LogP contribution < -0.4 is 0 Å². The van der Waals surface area contributed by atoms with Crippen LogP contribution in [0, 0.1) is 23.2 Å². The van der Waals surface area contributed by atoms with Gasteiger partial charge in [0.1, 0.15) is 0 Å². The summed E-state index contributed by atoms with van der Waals surface area (Å²) in [6.45, 7) is 8.39. The Morgan fingerprint density at radius 1 is 1.38 bits per heavy atom. The molecule has 76 valence electrons. The molecule has 2 heteroatoms. The second-order valence-electron chi connectivity index (χ2n) is 5.18. The predicted octanol–water partition coefficient (Wildman–Crippen LogP) is 2.78. The van der Waals surface area contributed by atoms with Gasteiger partial charge in [0.2, 0.25) is 0 Å². The molecule has 1 aliphatic rings. The lowest BCUT2D eigenvalue weighted by molar-refractivity contribution is -0.152. The Morgan fingerprint density at radius 3 is 2.31 bits per heavy atom. The van der Waals surface area contributed by atoms with E-state index < -0.39 is 5.97 Å². The third-order valence-corrected chi connectivity index (χ3v) is 3.78. The first-order valence-corrected chi connectivity index (χ1v) is 5.09. The first-order chi connectivity index (χ1) is 5.86. The van der Waals surface area contributed by atoms with Crippen molar-refractivity contribution in [1.82, 2.24) is 0 Å². The molecule has 2 nitrogen and oxygen atoms in total. The van der Waals surface area contributed by atoms with Crippen LogP contribution in [0.2, 0.25) is 0 Å². The minimum absolute atomic E-state index is 0.0300. The van der Waals surface area contributed by atoms with Gasteiger partial charge in [0.05, 0.1) is 5.92 Å². The highest BCUT2D eigenvalue weighted by Gasteiger charge is 2.44. The van der Waals surface area contributed by atoms with Crippen LogP contribution in [0.4, 0.5) is 0 Å². The van der Waals surface area contributed by atoms with Gasteiger partial charge in [-0.15, -0.1) is 0 Å². The lowest BCUT2D eigenvalue weighted by atomic mass is 9.61. The average Bonchev–Trinajstić information content (AvgIpc) is 1.96. The monoisotopic (exact) mass is 184 g/mol. The van der Waals surface area contributed by atoms with E-state index in [2.05, 4.69) is 27.7 Å². The second kappa shape index (κ2) is 3.32. The molecule has 0 aromatic rings. The number of carbonyl (C=O) groups is 1. The number of carboxylic acids is 1. The van der Waals surface area contributed by atoms with E-state index in [-0.39, 0.29) is 11.3 Å². The van der Waals surface area contributed by atoms with E-state index in [9.17, 15) is 4.79 Å². The smallest absolute Gasteiger partial charge is 0.307 e. The molecule has 1 fully saturated rings. The Balaban J connectivity index is 2.88. The summed E-state index contributed by atoms with van der Waals surface area (Å²) in [5.74, 6) is 0.0654. The van der Waals surface area contributed by atoms with E-state index in [0.717, 1.165) is 12.8 Å². The Labute approximate surface area is 80.3 Å². The van der Waals surface area contributed by atoms with Gasteiger partial charge in [0, 0.05) is 0 Å². The fourth-order valence-electron chi connectivity index (χ4n) is 2.62. The summed E-state index contributed by atoms with van der Waals surface area (Å²) in [5, 5.41) is 9.16. The normalized spacial score (nSPS) is 38.6. The Bertz CT molecular complexity index is 208. The molecule has 0 saturated heterocycles. The third kappa shape index (κ3) is 1.87. The van der Waals surface area contributed by atoms with Crippen LogP contribution in [0.3, 0.4) is 0 Å². The molecule has 1 saturated carbocycles. The Morgan fingerprint density at radius 2 is 1.92 bits per heavy atom. The van der Waals surface area contributed by atoms with E-state index in [0.29, 0.717) is 11.8 Å². The van der Waals surface area contributed by atoms with Gasteiger partial charge in [-0.25, -0.2) is 0 Å². The molecule has 0 amide bonds. The maximum atomic E-state index is 11.1. The molecule has 0 radical (unpaired) electrons. The molecule has 0 bridgehead atoms. The summed E-state index contributed by atoms with van der Waals surface area (Å²) in [5.41, 5.74) is -0.0300. The van der Waals surface area contributed by atoms with Crippen molar-refractivity contribution < 1.29 is 9.90 Å². The van der Waals surface area contributed by atoms with Gasteiger partial charge in [-0.1, -0.05) is 27.7 Å². The molecule has 0 heterocycles. The zero-order valence-corrected chi connectivity index (χ0v) is 9.00. The molecule has 0 spiro atoms. The molecule has 13 heavy (non-hydrogen) atoms. The summed E-state index contributed by atoms with van der Waals surface area (Å²) >= 11 is 0. The Hall–Kier alpha value is -0.530. The maximum Gasteiger partial charge on any atom is 0.307 e. The molecule has 0 aromatic carbocycles. The van der Waals surface area contributed by atoms with Crippen molar-refractivity contribution >= 4 is 5.97 Å². The fraction of sp³-hybridized carbons (Fsp3) is 0.909. The number of rotatable bonds is 1. The minimum atomic E-state index is -0.621.